The van der Waals surface area contributed by atoms with Crippen LogP contribution in [0.5, 0.6) is 11.5 Å². The highest BCUT2D eigenvalue weighted by Crippen LogP contribution is 2.24. The van der Waals surface area contributed by atoms with E-state index in [2.05, 4.69) is 18.3 Å². The van der Waals surface area contributed by atoms with Crippen molar-refractivity contribution < 1.29 is 14.3 Å². The first kappa shape index (κ1) is 18.2. The highest BCUT2D eigenvalue weighted by atomic mass is 32.2. The van der Waals surface area contributed by atoms with Gasteiger partial charge in [-0.05, 0) is 30.7 Å². The van der Waals surface area contributed by atoms with Crippen LogP contribution in [0.2, 0.25) is 0 Å². The van der Waals surface area contributed by atoms with E-state index in [1.54, 1.807) is 26.0 Å². The van der Waals surface area contributed by atoms with Gasteiger partial charge in [-0.1, -0.05) is 29.8 Å². The summed E-state index contributed by atoms with van der Waals surface area (Å²) in [5.41, 5.74) is 3.36. The Labute approximate surface area is 147 Å². The highest BCUT2D eigenvalue weighted by molar-refractivity contribution is 7.99. The fourth-order valence-electron chi connectivity index (χ4n) is 2.27. The summed E-state index contributed by atoms with van der Waals surface area (Å²) in [6, 6.07) is 13.8. The molecule has 0 unspecified atom stereocenters. The van der Waals surface area contributed by atoms with Gasteiger partial charge < -0.3 is 14.8 Å². The number of benzene rings is 2. The second-order valence-electron chi connectivity index (χ2n) is 5.43. The topological polar surface area (TPSA) is 47.6 Å². The number of aryl methyl sites for hydroxylation is 1. The van der Waals surface area contributed by atoms with E-state index in [-0.39, 0.29) is 5.91 Å². The average molecular weight is 345 g/mol. The number of methoxy groups -OCH3 is 2. The standard InChI is InChI=1S/C19H23NO3S/c1-14-4-9-18(23-3)16(10-14)12-24-13-19(21)20-11-15-5-7-17(22-2)8-6-15/h4-10H,11-13H2,1-3H3,(H,20,21). The first-order valence-electron chi connectivity index (χ1n) is 7.73. The van der Waals surface area contributed by atoms with Crippen molar-refractivity contribution in [3.63, 3.8) is 0 Å². The molecule has 0 atom stereocenters. The Morgan fingerprint density at radius 3 is 2.50 bits per heavy atom. The van der Waals surface area contributed by atoms with Crippen molar-refractivity contribution in [1.29, 1.82) is 0 Å². The number of rotatable bonds is 8. The molecule has 0 aliphatic rings. The summed E-state index contributed by atoms with van der Waals surface area (Å²) in [6.07, 6.45) is 0. The number of hydrogen-bond acceptors (Lipinski definition) is 4. The summed E-state index contributed by atoms with van der Waals surface area (Å²) in [7, 11) is 3.30. The summed E-state index contributed by atoms with van der Waals surface area (Å²) in [4.78, 5) is 12.0. The lowest BCUT2D eigenvalue weighted by molar-refractivity contribution is -0.118. The van der Waals surface area contributed by atoms with Gasteiger partial charge in [0.25, 0.3) is 0 Å². The minimum atomic E-state index is 0.0300. The third kappa shape index (κ3) is 5.49. The van der Waals surface area contributed by atoms with E-state index in [4.69, 9.17) is 9.47 Å². The molecule has 2 rings (SSSR count). The third-order valence-corrected chi connectivity index (χ3v) is 4.56. The Kier molecular flexibility index (Phi) is 7.00. The van der Waals surface area contributed by atoms with Crippen LogP contribution >= 0.6 is 11.8 Å². The fourth-order valence-corrected chi connectivity index (χ4v) is 3.10. The first-order valence-corrected chi connectivity index (χ1v) is 8.88. The Morgan fingerprint density at radius 1 is 1.08 bits per heavy atom. The summed E-state index contributed by atoms with van der Waals surface area (Å²) in [6.45, 7) is 2.58. The molecule has 5 heteroatoms. The number of ether oxygens (including phenoxy) is 2. The largest absolute Gasteiger partial charge is 0.497 e. The Hall–Kier alpha value is -2.14. The number of carbonyl (C=O) groups excluding carboxylic acids is 1. The van der Waals surface area contributed by atoms with E-state index in [9.17, 15) is 4.79 Å². The van der Waals surface area contributed by atoms with Crippen LogP contribution in [0.25, 0.3) is 0 Å². The number of thioether (sulfide) groups is 1. The minimum Gasteiger partial charge on any atom is -0.497 e. The average Bonchev–Trinajstić information content (AvgIpc) is 2.60. The molecule has 0 saturated carbocycles. The zero-order valence-electron chi connectivity index (χ0n) is 14.3. The van der Waals surface area contributed by atoms with Gasteiger partial charge in [-0.25, -0.2) is 0 Å². The molecule has 0 spiro atoms. The summed E-state index contributed by atoms with van der Waals surface area (Å²) >= 11 is 1.58. The van der Waals surface area contributed by atoms with E-state index in [1.807, 2.05) is 36.4 Å². The van der Waals surface area contributed by atoms with Crippen LogP contribution in [0.4, 0.5) is 0 Å². The predicted molar refractivity (Wildman–Crippen MR) is 98.7 cm³/mol. The summed E-state index contributed by atoms with van der Waals surface area (Å²) in [5, 5.41) is 2.93. The zero-order chi connectivity index (χ0) is 17.4. The van der Waals surface area contributed by atoms with Gasteiger partial charge in [-0.2, -0.15) is 0 Å². The molecular weight excluding hydrogens is 322 g/mol. The first-order chi connectivity index (χ1) is 11.6. The molecule has 2 aromatic rings. The van der Waals surface area contributed by atoms with E-state index in [0.29, 0.717) is 12.3 Å². The maximum absolute atomic E-state index is 12.0. The normalized spacial score (nSPS) is 10.3. The lowest BCUT2D eigenvalue weighted by Crippen LogP contribution is -2.24. The molecule has 0 heterocycles. The van der Waals surface area contributed by atoms with Crippen molar-refractivity contribution in [3.05, 3.63) is 59.2 Å². The number of amides is 1. The van der Waals surface area contributed by atoms with E-state index >= 15 is 0 Å². The molecule has 4 nitrogen and oxygen atoms in total. The summed E-state index contributed by atoms with van der Waals surface area (Å²) < 4.78 is 10.5. The van der Waals surface area contributed by atoms with Gasteiger partial charge in [0.2, 0.25) is 5.91 Å². The molecule has 1 N–H and O–H groups in total. The number of hydrogen-bond donors (Lipinski definition) is 1. The second kappa shape index (κ2) is 9.23. The SMILES string of the molecule is COc1ccc(CNC(=O)CSCc2cc(C)ccc2OC)cc1. The molecule has 0 bridgehead atoms. The molecule has 2 aromatic carbocycles. The Balaban J connectivity index is 1.76. The van der Waals surface area contributed by atoms with Crippen LogP contribution in [0, 0.1) is 6.92 Å². The van der Waals surface area contributed by atoms with Crippen LogP contribution in [-0.2, 0) is 17.1 Å². The van der Waals surface area contributed by atoms with Gasteiger partial charge in [0.1, 0.15) is 11.5 Å². The van der Waals surface area contributed by atoms with Crippen molar-refractivity contribution in [1.82, 2.24) is 5.32 Å². The minimum absolute atomic E-state index is 0.0300. The van der Waals surface area contributed by atoms with Crippen LogP contribution < -0.4 is 14.8 Å². The van der Waals surface area contributed by atoms with Crippen molar-refractivity contribution in [3.8, 4) is 11.5 Å². The van der Waals surface area contributed by atoms with Gasteiger partial charge in [-0.3, -0.25) is 4.79 Å². The second-order valence-corrected chi connectivity index (χ2v) is 6.42. The van der Waals surface area contributed by atoms with Crippen molar-refractivity contribution in [2.24, 2.45) is 0 Å². The van der Waals surface area contributed by atoms with Gasteiger partial charge >= 0.3 is 0 Å². The molecule has 0 aliphatic carbocycles. The highest BCUT2D eigenvalue weighted by Gasteiger charge is 2.06. The predicted octanol–water partition coefficient (Wildman–Crippen LogP) is 3.56. The van der Waals surface area contributed by atoms with E-state index in [1.165, 1.54) is 5.56 Å². The molecule has 24 heavy (non-hydrogen) atoms. The molecule has 0 saturated heterocycles. The molecule has 0 radical (unpaired) electrons. The van der Waals surface area contributed by atoms with E-state index < -0.39 is 0 Å². The number of carbonyl (C=O) groups is 1. The van der Waals surface area contributed by atoms with Crippen LogP contribution in [-0.4, -0.2) is 25.9 Å². The van der Waals surface area contributed by atoms with Gasteiger partial charge in [0.05, 0.1) is 20.0 Å². The quantitative estimate of drug-likeness (QED) is 0.795. The molecule has 0 aliphatic heterocycles. The van der Waals surface area contributed by atoms with Crippen LogP contribution in [0.15, 0.2) is 42.5 Å². The molecular formula is C19H23NO3S. The Bertz CT molecular complexity index is 671. The van der Waals surface area contributed by atoms with Gasteiger partial charge in [0, 0.05) is 17.9 Å². The maximum Gasteiger partial charge on any atom is 0.230 e. The molecule has 0 fully saturated rings. The molecule has 1 amide bonds. The molecule has 128 valence electrons. The van der Waals surface area contributed by atoms with Crippen molar-refractivity contribution >= 4 is 17.7 Å². The Morgan fingerprint density at radius 2 is 1.83 bits per heavy atom. The molecule has 0 aromatic heterocycles. The number of nitrogens with one attached hydrogen (secondary N) is 1. The van der Waals surface area contributed by atoms with Crippen LogP contribution in [0.3, 0.4) is 0 Å². The van der Waals surface area contributed by atoms with Crippen molar-refractivity contribution in [2.45, 2.75) is 19.2 Å². The zero-order valence-corrected chi connectivity index (χ0v) is 15.1. The van der Waals surface area contributed by atoms with Gasteiger partial charge in [0.15, 0.2) is 0 Å². The lowest BCUT2D eigenvalue weighted by Gasteiger charge is -2.10. The third-order valence-electron chi connectivity index (χ3n) is 3.58. The van der Waals surface area contributed by atoms with Gasteiger partial charge in [-0.15, -0.1) is 11.8 Å². The van der Waals surface area contributed by atoms with Crippen molar-refractivity contribution in [2.75, 3.05) is 20.0 Å². The lowest BCUT2D eigenvalue weighted by atomic mass is 10.1. The maximum atomic E-state index is 12.0. The smallest absolute Gasteiger partial charge is 0.230 e. The van der Waals surface area contributed by atoms with Crippen LogP contribution in [0.1, 0.15) is 16.7 Å². The summed E-state index contributed by atoms with van der Waals surface area (Å²) in [5.74, 6) is 2.88. The monoisotopic (exact) mass is 345 g/mol. The van der Waals surface area contributed by atoms with E-state index in [0.717, 1.165) is 28.4 Å². The fraction of sp³-hybridized carbons (Fsp3) is 0.316.